The van der Waals surface area contributed by atoms with Crippen molar-refractivity contribution in [3.63, 3.8) is 0 Å². The van der Waals surface area contributed by atoms with Gasteiger partial charge in [0.15, 0.2) is 6.17 Å². The molecular weight excluding hydrogens is 325 g/mol. The van der Waals surface area contributed by atoms with Crippen molar-refractivity contribution in [1.82, 2.24) is 0 Å². The Hall–Kier alpha value is -0.483. The lowest BCUT2D eigenvalue weighted by molar-refractivity contribution is -0.289. The standard InChI is InChI=1S/C11H18F7O2Si/c1-19-21(2,3)6-4-5-20-7-8(12)10(15,16)11(17,18)9(13)14/h8-9H,2,4-7H2,1,3H3/q+1. The molecule has 0 heterocycles. The van der Waals surface area contributed by atoms with Gasteiger partial charge in [-0.2, -0.15) is 17.6 Å². The third kappa shape index (κ3) is 5.66. The van der Waals surface area contributed by atoms with E-state index in [9.17, 15) is 30.7 Å². The lowest BCUT2D eigenvalue weighted by Crippen LogP contribution is -2.53. The van der Waals surface area contributed by atoms with Crippen LogP contribution >= 0.6 is 0 Å². The molecule has 0 radical (unpaired) electrons. The van der Waals surface area contributed by atoms with Gasteiger partial charge in [-0.25, -0.2) is 13.2 Å². The highest BCUT2D eigenvalue weighted by Crippen LogP contribution is 2.42. The summed E-state index contributed by atoms with van der Waals surface area (Å²) in [4.78, 5) is 0. The fourth-order valence-electron chi connectivity index (χ4n) is 1.30. The van der Waals surface area contributed by atoms with Crippen LogP contribution in [0, 0.1) is 6.55 Å². The molecule has 2 nitrogen and oxygen atoms in total. The molecular formula is C11H18F7O2Si+. The van der Waals surface area contributed by atoms with Crippen molar-refractivity contribution >= 4 is 8.32 Å². The van der Waals surface area contributed by atoms with Gasteiger partial charge in [0.1, 0.15) is 0 Å². The van der Waals surface area contributed by atoms with Crippen molar-refractivity contribution in [2.75, 3.05) is 20.3 Å². The summed E-state index contributed by atoms with van der Waals surface area (Å²) < 4.78 is 97.1. The third-order valence-electron chi connectivity index (χ3n) is 2.86. The van der Waals surface area contributed by atoms with Gasteiger partial charge in [0.05, 0.1) is 6.61 Å². The van der Waals surface area contributed by atoms with E-state index in [2.05, 4.69) is 11.3 Å². The lowest BCUT2D eigenvalue weighted by Gasteiger charge is -2.28. The Balaban J connectivity index is 4.23. The number of ether oxygens (including phenoxy) is 1. The van der Waals surface area contributed by atoms with Crippen LogP contribution in [0.4, 0.5) is 30.7 Å². The van der Waals surface area contributed by atoms with Gasteiger partial charge in [-0.15, -0.1) is 0 Å². The molecule has 0 amide bonds. The normalized spacial score (nSPS) is 17.8. The van der Waals surface area contributed by atoms with Gasteiger partial charge >= 0.3 is 26.6 Å². The highest BCUT2D eigenvalue weighted by Gasteiger charge is 2.67. The minimum absolute atomic E-state index is 0.182. The van der Waals surface area contributed by atoms with Crippen LogP contribution in [0.2, 0.25) is 12.6 Å². The molecule has 2 atom stereocenters. The fourth-order valence-corrected chi connectivity index (χ4v) is 2.39. The smallest absolute Gasteiger partial charge is 0.383 e. The highest BCUT2D eigenvalue weighted by atomic mass is 28.4. The van der Waals surface area contributed by atoms with E-state index in [1.807, 2.05) is 0 Å². The van der Waals surface area contributed by atoms with E-state index in [0.29, 0.717) is 12.5 Å². The Morgan fingerprint density at radius 2 is 1.62 bits per heavy atom. The van der Waals surface area contributed by atoms with E-state index < -0.39 is 39.4 Å². The minimum Gasteiger partial charge on any atom is -0.383 e. The molecule has 0 aromatic heterocycles. The van der Waals surface area contributed by atoms with E-state index >= 15 is 0 Å². The first kappa shape index (κ1) is 20.5. The Labute approximate surface area is 119 Å². The molecule has 10 heteroatoms. The number of halogens is 7. The third-order valence-corrected chi connectivity index (χ3v) is 5.26. The first-order valence-electron chi connectivity index (χ1n) is 6.04. The average Bonchev–Trinajstić information content (AvgIpc) is 2.37. The van der Waals surface area contributed by atoms with Crippen molar-refractivity contribution in [3.8, 4) is 0 Å². The van der Waals surface area contributed by atoms with E-state index in [-0.39, 0.29) is 6.61 Å². The maximum atomic E-state index is 13.0. The van der Waals surface area contributed by atoms with Crippen LogP contribution in [0.15, 0.2) is 0 Å². The van der Waals surface area contributed by atoms with Crippen molar-refractivity contribution in [1.29, 1.82) is 0 Å². The topological polar surface area (TPSA) is 18.5 Å². The summed E-state index contributed by atoms with van der Waals surface area (Å²) in [6, 6.07) is 0.490. The van der Waals surface area contributed by atoms with E-state index in [1.165, 1.54) is 7.11 Å². The number of rotatable bonds is 10. The van der Waals surface area contributed by atoms with Gasteiger partial charge in [-0.05, 0) is 13.0 Å². The van der Waals surface area contributed by atoms with Gasteiger partial charge in [-0.3, -0.25) is 0 Å². The molecule has 21 heavy (non-hydrogen) atoms. The lowest BCUT2D eigenvalue weighted by atomic mass is 10.1. The first-order valence-corrected chi connectivity index (χ1v) is 8.87. The van der Waals surface area contributed by atoms with Crippen molar-refractivity contribution in [2.24, 2.45) is 0 Å². The zero-order chi connectivity index (χ0) is 16.9. The molecule has 0 aliphatic carbocycles. The van der Waals surface area contributed by atoms with Gasteiger partial charge in [0.25, 0.3) is 0 Å². The van der Waals surface area contributed by atoms with Crippen LogP contribution in [0.1, 0.15) is 6.42 Å². The predicted molar refractivity (Wildman–Crippen MR) is 65.0 cm³/mol. The van der Waals surface area contributed by atoms with Crippen LogP contribution in [0.3, 0.4) is 0 Å². The van der Waals surface area contributed by atoms with Gasteiger partial charge in [-0.1, -0.05) is 0 Å². The zero-order valence-corrected chi connectivity index (χ0v) is 12.7. The zero-order valence-electron chi connectivity index (χ0n) is 11.7. The molecule has 0 aliphatic heterocycles. The second kappa shape index (κ2) is 7.68. The molecule has 0 saturated carbocycles. The average molecular weight is 343 g/mol. The molecule has 0 aromatic rings. The maximum absolute atomic E-state index is 13.0. The minimum atomic E-state index is -5.75. The summed E-state index contributed by atoms with van der Waals surface area (Å²) in [5.74, 6) is -11.2. The summed E-state index contributed by atoms with van der Waals surface area (Å²) in [6.45, 7) is 4.00. The Morgan fingerprint density at radius 3 is 2.05 bits per heavy atom. The van der Waals surface area contributed by atoms with Gasteiger partial charge in [0, 0.05) is 26.3 Å². The van der Waals surface area contributed by atoms with Crippen LogP contribution in [-0.4, -0.2) is 53.1 Å². The summed E-state index contributed by atoms with van der Waals surface area (Å²) in [7, 11) is -0.664. The summed E-state index contributed by atoms with van der Waals surface area (Å²) >= 11 is 0. The number of hydrogen-bond acceptors (Lipinski definition) is 2. The SMILES string of the molecule is [CH2+][Si](C)(CCCOCC(F)C(F)(F)C(F)(F)C(F)F)OC. The van der Waals surface area contributed by atoms with Crippen molar-refractivity contribution in [2.45, 2.75) is 43.5 Å². The summed E-state index contributed by atoms with van der Waals surface area (Å²) in [5.41, 5.74) is 0. The fraction of sp³-hybridized carbons (Fsp3) is 0.909. The molecule has 0 fully saturated rings. The van der Waals surface area contributed by atoms with E-state index in [1.54, 1.807) is 6.55 Å². The molecule has 0 saturated heterocycles. The first-order chi connectivity index (χ1) is 9.38. The molecule has 126 valence electrons. The number of hydrogen-bond donors (Lipinski definition) is 0. The largest absolute Gasteiger partial charge is 0.406 e. The molecule has 0 N–H and O–H groups in total. The van der Waals surface area contributed by atoms with Crippen LogP contribution in [-0.2, 0) is 9.16 Å². The summed E-state index contributed by atoms with van der Waals surface area (Å²) in [6.07, 6.45) is -7.87. The quantitative estimate of drug-likeness (QED) is 0.260. The molecule has 0 spiro atoms. The molecule has 0 aromatic carbocycles. The second-order valence-electron chi connectivity index (χ2n) is 4.85. The second-order valence-corrected chi connectivity index (χ2v) is 8.65. The van der Waals surface area contributed by atoms with Crippen molar-refractivity contribution in [3.05, 3.63) is 6.55 Å². The van der Waals surface area contributed by atoms with Crippen LogP contribution in [0.25, 0.3) is 0 Å². The Kier molecular flexibility index (Phi) is 7.50. The Morgan fingerprint density at radius 1 is 1.10 bits per heavy atom. The van der Waals surface area contributed by atoms with Gasteiger partial charge < -0.3 is 9.16 Å². The summed E-state index contributed by atoms with van der Waals surface area (Å²) in [5, 5.41) is 0. The van der Waals surface area contributed by atoms with Crippen LogP contribution in [0.5, 0.6) is 0 Å². The molecule has 0 rings (SSSR count). The molecule has 2 unspecified atom stereocenters. The molecule has 0 bridgehead atoms. The van der Waals surface area contributed by atoms with Gasteiger partial charge in [0.2, 0.25) is 0 Å². The Bertz CT molecular complexity index is 313. The molecule has 0 aliphatic rings. The maximum Gasteiger partial charge on any atom is 0.406 e. The number of alkyl halides is 7. The highest BCUT2D eigenvalue weighted by molar-refractivity contribution is 6.74. The van der Waals surface area contributed by atoms with Crippen molar-refractivity contribution < 1.29 is 39.9 Å². The predicted octanol–water partition coefficient (Wildman–Crippen LogP) is 3.86. The monoisotopic (exact) mass is 343 g/mol. The van der Waals surface area contributed by atoms with Crippen LogP contribution < -0.4 is 0 Å². The van der Waals surface area contributed by atoms with E-state index in [4.69, 9.17) is 4.43 Å². The van der Waals surface area contributed by atoms with E-state index in [0.717, 1.165) is 0 Å².